The number of hydrogen-bond donors (Lipinski definition) is 0. The third-order valence-corrected chi connectivity index (χ3v) is 2.96. The molecular formula is C16H17NO3. The summed E-state index contributed by atoms with van der Waals surface area (Å²) in [6.07, 6.45) is 1.80. The number of aromatic nitrogens is 1. The first kappa shape index (κ1) is 14.1. The molecule has 20 heavy (non-hydrogen) atoms. The van der Waals surface area contributed by atoms with Crippen molar-refractivity contribution in [2.24, 2.45) is 0 Å². The molecule has 0 N–H and O–H groups in total. The van der Waals surface area contributed by atoms with E-state index in [-0.39, 0.29) is 5.97 Å². The Labute approximate surface area is 118 Å². The van der Waals surface area contributed by atoms with Crippen molar-refractivity contribution in [3.63, 3.8) is 0 Å². The highest BCUT2D eigenvalue weighted by molar-refractivity contribution is 5.89. The normalized spacial score (nSPS) is 10.2. The zero-order valence-corrected chi connectivity index (χ0v) is 11.8. The Bertz CT molecular complexity index is 606. The molecule has 1 aromatic carbocycles. The average molecular weight is 271 g/mol. The lowest BCUT2D eigenvalue weighted by Crippen LogP contribution is -2.03. The number of hydrogen-bond acceptors (Lipinski definition) is 4. The maximum absolute atomic E-state index is 11.4. The molecule has 0 fully saturated rings. The number of benzene rings is 1. The molecule has 0 saturated carbocycles. The van der Waals surface area contributed by atoms with Crippen molar-refractivity contribution in [3.8, 4) is 5.75 Å². The molecule has 2 rings (SSSR count). The van der Waals surface area contributed by atoms with Crippen molar-refractivity contribution in [1.29, 1.82) is 0 Å². The van der Waals surface area contributed by atoms with E-state index in [0.717, 1.165) is 22.6 Å². The molecule has 2 aromatic rings. The molecule has 104 valence electrons. The van der Waals surface area contributed by atoms with Gasteiger partial charge in [0.2, 0.25) is 0 Å². The van der Waals surface area contributed by atoms with Gasteiger partial charge in [-0.05, 0) is 43.7 Å². The van der Waals surface area contributed by atoms with Gasteiger partial charge in [0.15, 0.2) is 0 Å². The van der Waals surface area contributed by atoms with E-state index < -0.39 is 0 Å². The molecule has 0 unspecified atom stereocenters. The zero-order valence-electron chi connectivity index (χ0n) is 11.8. The molecular weight excluding hydrogens is 254 g/mol. The summed E-state index contributed by atoms with van der Waals surface area (Å²) in [5.41, 5.74) is 3.40. The van der Waals surface area contributed by atoms with Crippen molar-refractivity contribution in [1.82, 2.24) is 4.98 Å². The van der Waals surface area contributed by atoms with E-state index in [2.05, 4.69) is 9.72 Å². The van der Waals surface area contributed by atoms with Crippen LogP contribution in [0.3, 0.4) is 0 Å². The van der Waals surface area contributed by atoms with E-state index in [0.29, 0.717) is 12.2 Å². The zero-order chi connectivity index (χ0) is 14.5. The Balaban J connectivity index is 2.06. The van der Waals surface area contributed by atoms with Gasteiger partial charge >= 0.3 is 5.97 Å². The number of nitrogens with zero attached hydrogens (tertiary/aromatic N) is 1. The van der Waals surface area contributed by atoms with Crippen LogP contribution in [0.2, 0.25) is 0 Å². The SMILES string of the molecule is COC(=O)c1ccc(OCc2ccc(C)nc2)c(C)c1. The van der Waals surface area contributed by atoms with Crippen LogP contribution in [0.4, 0.5) is 0 Å². The Morgan fingerprint density at radius 3 is 2.60 bits per heavy atom. The fourth-order valence-electron chi connectivity index (χ4n) is 1.80. The van der Waals surface area contributed by atoms with E-state index in [4.69, 9.17) is 4.74 Å². The van der Waals surface area contributed by atoms with Crippen LogP contribution >= 0.6 is 0 Å². The van der Waals surface area contributed by atoms with Gasteiger partial charge in [-0.25, -0.2) is 4.79 Å². The fraction of sp³-hybridized carbons (Fsp3) is 0.250. The molecule has 0 aliphatic rings. The van der Waals surface area contributed by atoms with Gasteiger partial charge in [0, 0.05) is 17.5 Å². The second-order valence-electron chi connectivity index (χ2n) is 4.57. The second kappa shape index (κ2) is 6.19. The number of ether oxygens (including phenoxy) is 2. The van der Waals surface area contributed by atoms with E-state index >= 15 is 0 Å². The summed E-state index contributed by atoms with van der Waals surface area (Å²) < 4.78 is 10.4. The van der Waals surface area contributed by atoms with Crippen LogP contribution in [0.15, 0.2) is 36.5 Å². The summed E-state index contributed by atoms with van der Waals surface area (Å²) in [4.78, 5) is 15.6. The molecule has 0 bridgehead atoms. The van der Waals surface area contributed by atoms with Crippen molar-refractivity contribution < 1.29 is 14.3 Å². The van der Waals surface area contributed by atoms with Gasteiger partial charge < -0.3 is 9.47 Å². The number of rotatable bonds is 4. The molecule has 1 heterocycles. The Morgan fingerprint density at radius 1 is 1.20 bits per heavy atom. The molecule has 1 aromatic heterocycles. The molecule has 0 saturated heterocycles. The largest absolute Gasteiger partial charge is 0.489 e. The highest BCUT2D eigenvalue weighted by atomic mass is 16.5. The lowest BCUT2D eigenvalue weighted by molar-refractivity contribution is 0.0600. The Kier molecular flexibility index (Phi) is 4.35. The Hall–Kier alpha value is -2.36. The van der Waals surface area contributed by atoms with Gasteiger partial charge in [0.25, 0.3) is 0 Å². The summed E-state index contributed by atoms with van der Waals surface area (Å²) in [6.45, 7) is 4.29. The topological polar surface area (TPSA) is 48.4 Å². The van der Waals surface area contributed by atoms with Crippen molar-refractivity contribution in [2.45, 2.75) is 20.5 Å². The van der Waals surface area contributed by atoms with Gasteiger partial charge in [0.05, 0.1) is 12.7 Å². The van der Waals surface area contributed by atoms with Crippen LogP contribution < -0.4 is 4.74 Å². The standard InChI is InChI=1S/C16H17NO3/c1-11-8-14(16(18)19-3)6-7-15(11)20-10-13-5-4-12(2)17-9-13/h4-9H,10H2,1-3H3. The minimum Gasteiger partial charge on any atom is -0.489 e. The highest BCUT2D eigenvalue weighted by Crippen LogP contribution is 2.20. The van der Waals surface area contributed by atoms with Crippen LogP contribution in [0.5, 0.6) is 5.75 Å². The number of carbonyl (C=O) groups excluding carboxylic acids is 1. The summed E-state index contributed by atoms with van der Waals surface area (Å²) in [5, 5.41) is 0. The van der Waals surface area contributed by atoms with Crippen LogP contribution in [-0.4, -0.2) is 18.1 Å². The van der Waals surface area contributed by atoms with Crippen LogP contribution in [0.1, 0.15) is 27.2 Å². The third-order valence-electron chi connectivity index (χ3n) is 2.96. The number of esters is 1. The number of pyridine rings is 1. The van der Waals surface area contributed by atoms with Gasteiger partial charge in [-0.3, -0.25) is 4.98 Å². The third kappa shape index (κ3) is 3.35. The smallest absolute Gasteiger partial charge is 0.337 e. The van der Waals surface area contributed by atoms with E-state index in [9.17, 15) is 4.79 Å². The lowest BCUT2D eigenvalue weighted by atomic mass is 10.1. The average Bonchev–Trinajstić information content (AvgIpc) is 2.46. The minimum absolute atomic E-state index is 0.345. The first-order valence-corrected chi connectivity index (χ1v) is 6.33. The van der Waals surface area contributed by atoms with Crippen molar-refractivity contribution >= 4 is 5.97 Å². The van der Waals surface area contributed by atoms with Gasteiger partial charge in [0.1, 0.15) is 12.4 Å². The first-order chi connectivity index (χ1) is 9.60. The second-order valence-corrected chi connectivity index (χ2v) is 4.57. The number of aryl methyl sites for hydroxylation is 2. The molecule has 0 radical (unpaired) electrons. The first-order valence-electron chi connectivity index (χ1n) is 6.33. The van der Waals surface area contributed by atoms with Crippen molar-refractivity contribution in [2.75, 3.05) is 7.11 Å². The molecule has 4 heteroatoms. The van der Waals surface area contributed by atoms with Crippen LogP contribution in [-0.2, 0) is 11.3 Å². The van der Waals surface area contributed by atoms with E-state index in [1.165, 1.54) is 7.11 Å². The maximum Gasteiger partial charge on any atom is 0.337 e. The predicted octanol–water partition coefficient (Wildman–Crippen LogP) is 3.06. The van der Waals surface area contributed by atoms with Crippen molar-refractivity contribution in [3.05, 3.63) is 58.9 Å². The fourth-order valence-corrected chi connectivity index (χ4v) is 1.80. The summed E-state index contributed by atoms with van der Waals surface area (Å²) in [7, 11) is 1.37. The monoisotopic (exact) mass is 271 g/mol. The van der Waals surface area contributed by atoms with Gasteiger partial charge in [-0.1, -0.05) is 6.07 Å². The minimum atomic E-state index is -0.345. The van der Waals surface area contributed by atoms with Gasteiger partial charge in [-0.15, -0.1) is 0 Å². The quantitative estimate of drug-likeness (QED) is 0.802. The molecule has 0 aliphatic heterocycles. The molecule has 0 atom stereocenters. The predicted molar refractivity (Wildman–Crippen MR) is 75.8 cm³/mol. The maximum atomic E-state index is 11.4. The van der Waals surface area contributed by atoms with Gasteiger partial charge in [-0.2, -0.15) is 0 Å². The molecule has 0 spiro atoms. The van der Waals surface area contributed by atoms with Crippen LogP contribution in [0.25, 0.3) is 0 Å². The van der Waals surface area contributed by atoms with Crippen LogP contribution in [0, 0.1) is 13.8 Å². The summed E-state index contributed by atoms with van der Waals surface area (Å²) in [5.74, 6) is 0.403. The highest BCUT2D eigenvalue weighted by Gasteiger charge is 2.08. The molecule has 0 aliphatic carbocycles. The van der Waals surface area contributed by atoms with E-state index in [1.807, 2.05) is 26.0 Å². The summed E-state index contributed by atoms with van der Waals surface area (Å²) in [6, 6.07) is 9.17. The Morgan fingerprint density at radius 2 is 2.00 bits per heavy atom. The molecule has 0 amide bonds. The summed E-state index contributed by atoms with van der Waals surface area (Å²) >= 11 is 0. The van der Waals surface area contributed by atoms with E-state index in [1.54, 1.807) is 24.4 Å². The molecule has 4 nitrogen and oxygen atoms in total. The lowest BCUT2D eigenvalue weighted by Gasteiger charge is -2.10. The number of methoxy groups -OCH3 is 1. The number of carbonyl (C=O) groups is 1.